The van der Waals surface area contributed by atoms with Gasteiger partial charge in [-0.1, -0.05) is 0 Å². The minimum absolute atomic E-state index is 0.237. The van der Waals surface area contributed by atoms with Crippen LogP contribution in [-0.4, -0.2) is 48.8 Å². The predicted octanol–water partition coefficient (Wildman–Crippen LogP) is -0.852. The van der Waals surface area contributed by atoms with Crippen molar-refractivity contribution >= 4 is 11.8 Å². The fraction of sp³-hybridized carbons (Fsp3) is 0.500. The van der Waals surface area contributed by atoms with Gasteiger partial charge in [0.05, 0.1) is 26.7 Å². The largest absolute Gasteiger partial charge is 0.467 e. The summed E-state index contributed by atoms with van der Waals surface area (Å²) in [5.41, 5.74) is -0.259. The zero-order chi connectivity index (χ0) is 12.3. The summed E-state index contributed by atoms with van der Waals surface area (Å²) in [5.74, 6) is 0.0548. The standard InChI is InChI=1S/C10H13N3O4/c1-16-10(15)7-5-17-3-2-13(7)8-4-9(14)12-6-11-8/h4,6-7H,2-3,5H2,1H3,(H,11,12,14). The summed E-state index contributed by atoms with van der Waals surface area (Å²) in [4.78, 5) is 31.0. The summed E-state index contributed by atoms with van der Waals surface area (Å²) in [6.45, 7) is 1.22. The molecule has 17 heavy (non-hydrogen) atoms. The molecule has 2 heterocycles. The molecule has 1 atom stereocenters. The van der Waals surface area contributed by atoms with Crippen molar-refractivity contribution in [3.05, 3.63) is 22.7 Å². The molecule has 1 saturated heterocycles. The van der Waals surface area contributed by atoms with Crippen molar-refractivity contribution in [3.8, 4) is 0 Å². The molecule has 1 fully saturated rings. The first-order chi connectivity index (χ1) is 8.22. The number of rotatable bonds is 2. The first-order valence-corrected chi connectivity index (χ1v) is 5.19. The van der Waals surface area contributed by atoms with Crippen LogP contribution < -0.4 is 10.5 Å². The van der Waals surface area contributed by atoms with Crippen LogP contribution in [0.4, 0.5) is 5.82 Å². The molecule has 0 aromatic carbocycles. The predicted molar refractivity (Wildman–Crippen MR) is 58.8 cm³/mol. The highest BCUT2D eigenvalue weighted by Gasteiger charge is 2.31. The van der Waals surface area contributed by atoms with E-state index in [-0.39, 0.29) is 12.2 Å². The Bertz CT molecular complexity index is 459. The Morgan fingerprint density at radius 2 is 2.53 bits per heavy atom. The third-order valence-electron chi connectivity index (χ3n) is 2.56. The van der Waals surface area contributed by atoms with E-state index >= 15 is 0 Å². The Hall–Kier alpha value is -1.89. The van der Waals surface area contributed by atoms with Gasteiger partial charge in [-0.25, -0.2) is 9.78 Å². The topological polar surface area (TPSA) is 84.5 Å². The molecule has 92 valence electrons. The number of carbonyl (C=O) groups excluding carboxylic acids is 1. The molecule has 7 heteroatoms. The number of aromatic amines is 1. The molecule has 2 rings (SSSR count). The van der Waals surface area contributed by atoms with Crippen LogP contribution >= 0.6 is 0 Å². The maximum Gasteiger partial charge on any atom is 0.330 e. The quantitative estimate of drug-likeness (QED) is 0.676. The maximum atomic E-state index is 11.6. The zero-order valence-electron chi connectivity index (χ0n) is 9.38. The van der Waals surface area contributed by atoms with Crippen LogP contribution in [0.3, 0.4) is 0 Å². The third-order valence-corrected chi connectivity index (χ3v) is 2.56. The van der Waals surface area contributed by atoms with Gasteiger partial charge in [-0.2, -0.15) is 0 Å². The Labute approximate surface area is 97.4 Å². The normalized spacial score (nSPS) is 20.1. The average Bonchev–Trinajstić information content (AvgIpc) is 2.38. The minimum Gasteiger partial charge on any atom is -0.467 e. The highest BCUT2D eigenvalue weighted by atomic mass is 16.5. The molecule has 0 radical (unpaired) electrons. The molecule has 0 bridgehead atoms. The number of carbonyl (C=O) groups is 1. The van der Waals surface area contributed by atoms with Gasteiger partial charge in [0.1, 0.15) is 5.82 Å². The lowest BCUT2D eigenvalue weighted by Crippen LogP contribution is -2.51. The van der Waals surface area contributed by atoms with E-state index in [4.69, 9.17) is 9.47 Å². The molecule has 0 amide bonds. The van der Waals surface area contributed by atoms with Crippen molar-refractivity contribution < 1.29 is 14.3 Å². The van der Waals surface area contributed by atoms with Crippen molar-refractivity contribution in [1.82, 2.24) is 9.97 Å². The number of hydrogen-bond acceptors (Lipinski definition) is 6. The molecular weight excluding hydrogens is 226 g/mol. The zero-order valence-corrected chi connectivity index (χ0v) is 9.38. The van der Waals surface area contributed by atoms with Gasteiger partial charge in [0, 0.05) is 12.6 Å². The number of anilines is 1. The molecule has 1 unspecified atom stereocenters. The van der Waals surface area contributed by atoms with E-state index in [9.17, 15) is 9.59 Å². The average molecular weight is 239 g/mol. The Morgan fingerprint density at radius 3 is 3.24 bits per heavy atom. The highest BCUT2D eigenvalue weighted by Crippen LogP contribution is 2.15. The lowest BCUT2D eigenvalue weighted by atomic mass is 10.2. The number of nitrogens with one attached hydrogen (secondary N) is 1. The van der Waals surface area contributed by atoms with Gasteiger partial charge in [0.2, 0.25) is 0 Å². The SMILES string of the molecule is COC(=O)C1COCCN1c1cc(=O)[nH]cn1. The number of hydrogen-bond donors (Lipinski definition) is 1. The van der Waals surface area contributed by atoms with Gasteiger partial charge in [0.15, 0.2) is 6.04 Å². The van der Waals surface area contributed by atoms with Crippen LogP contribution in [0.15, 0.2) is 17.2 Å². The number of esters is 1. The second-order valence-corrected chi connectivity index (χ2v) is 3.58. The summed E-state index contributed by atoms with van der Waals surface area (Å²) in [6.07, 6.45) is 1.31. The van der Waals surface area contributed by atoms with Crippen LogP contribution in [0.2, 0.25) is 0 Å². The van der Waals surface area contributed by atoms with Crippen molar-refractivity contribution in [1.29, 1.82) is 0 Å². The fourth-order valence-corrected chi connectivity index (χ4v) is 1.72. The third kappa shape index (κ3) is 2.44. The number of methoxy groups -OCH3 is 1. The van der Waals surface area contributed by atoms with E-state index in [2.05, 4.69) is 9.97 Å². The molecule has 1 aliphatic rings. The Morgan fingerprint density at radius 1 is 1.71 bits per heavy atom. The number of aromatic nitrogens is 2. The van der Waals surface area contributed by atoms with Gasteiger partial charge in [-0.15, -0.1) is 0 Å². The van der Waals surface area contributed by atoms with Gasteiger partial charge in [-0.05, 0) is 0 Å². The summed E-state index contributed by atoms with van der Waals surface area (Å²) < 4.78 is 9.93. The molecule has 1 aromatic heterocycles. The van der Waals surface area contributed by atoms with Crippen LogP contribution in [0.1, 0.15) is 0 Å². The lowest BCUT2D eigenvalue weighted by molar-refractivity contribution is -0.144. The number of nitrogens with zero attached hydrogens (tertiary/aromatic N) is 2. The van der Waals surface area contributed by atoms with Gasteiger partial charge in [0.25, 0.3) is 5.56 Å². The summed E-state index contributed by atoms with van der Waals surface area (Å²) in [5, 5.41) is 0. The van der Waals surface area contributed by atoms with Crippen LogP contribution in [0.5, 0.6) is 0 Å². The molecule has 1 N–H and O–H groups in total. The molecular formula is C10H13N3O4. The number of ether oxygens (including phenoxy) is 2. The summed E-state index contributed by atoms with van der Waals surface area (Å²) >= 11 is 0. The van der Waals surface area contributed by atoms with Crippen LogP contribution in [0, 0.1) is 0 Å². The molecule has 7 nitrogen and oxygen atoms in total. The monoisotopic (exact) mass is 239 g/mol. The van der Waals surface area contributed by atoms with E-state index < -0.39 is 12.0 Å². The first kappa shape index (κ1) is 11.6. The van der Waals surface area contributed by atoms with E-state index in [1.54, 1.807) is 4.90 Å². The molecule has 1 aromatic rings. The smallest absolute Gasteiger partial charge is 0.330 e. The first-order valence-electron chi connectivity index (χ1n) is 5.19. The number of H-pyrrole nitrogens is 1. The minimum atomic E-state index is -0.553. The van der Waals surface area contributed by atoms with E-state index in [1.165, 1.54) is 19.5 Å². The Kier molecular flexibility index (Phi) is 3.38. The van der Waals surface area contributed by atoms with Crippen molar-refractivity contribution in [3.63, 3.8) is 0 Å². The van der Waals surface area contributed by atoms with E-state index in [1.807, 2.05) is 0 Å². The van der Waals surface area contributed by atoms with E-state index in [0.717, 1.165) is 0 Å². The van der Waals surface area contributed by atoms with Crippen molar-refractivity contribution in [2.75, 3.05) is 31.8 Å². The number of morpholine rings is 1. The second-order valence-electron chi connectivity index (χ2n) is 3.58. The van der Waals surface area contributed by atoms with E-state index in [0.29, 0.717) is 19.0 Å². The van der Waals surface area contributed by atoms with Crippen LogP contribution in [0.25, 0.3) is 0 Å². The molecule has 0 saturated carbocycles. The maximum absolute atomic E-state index is 11.6. The molecule has 1 aliphatic heterocycles. The Balaban J connectivity index is 2.27. The highest BCUT2D eigenvalue weighted by molar-refractivity contribution is 5.80. The molecule has 0 spiro atoms. The van der Waals surface area contributed by atoms with Crippen LogP contribution in [-0.2, 0) is 14.3 Å². The van der Waals surface area contributed by atoms with Crippen molar-refractivity contribution in [2.24, 2.45) is 0 Å². The fourth-order valence-electron chi connectivity index (χ4n) is 1.72. The van der Waals surface area contributed by atoms with Gasteiger partial charge < -0.3 is 19.4 Å². The van der Waals surface area contributed by atoms with Crippen molar-refractivity contribution in [2.45, 2.75) is 6.04 Å². The summed E-state index contributed by atoms with van der Waals surface area (Å²) in [6, 6.07) is 0.796. The molecule has 0 aliphatic carbocycles. The van der Waals surface area contributed by atoms with Gasteiger partial charge in [-0.3, -0.25) is 4.79 Å². The lowest BCUT2D eigenvalue weighted by Gasteiger charge is -2.34. The second kappa shape index (κ2) is 4.96. The van der Waals surface area contributed by atoms with Gasteiger partial charge >= 0.3 is 5.97 Å². The summed E-state index contributed by atoms with van der Waals surface area (Å²) in [7, 11) is 1.32.